The van der Waals surface area contributed by atoms with E-state index >= 15 is 0 Å². The van der Waals surface area contributed by atoms with Crippen LogP contribution in [0, 0.1) is 0 Å². The molecular weight excluding hydrogens is 310 g/mol. The number of fused-ring (bicyclic) bond motifs is 2. The number of aromatic nitrogens is 4. The maximum Gasteiger partial charge on any atom is 0.420 e. The van der Waals surface area contributed by atoms with Crippen LogP contribution in [-0.4, -0.2) is 25.1 Å². The summed E-state index contributed by atoms with van der Waals surface area (Å²) in [6.07, 6.45) is 1.82. The zero-order valence-electron chi connectivity index (χ0n) is 12.5. The highest BCUT2D eigenvalue weighted by molar-refractivity contribution is 5.79. The van der Waals surface area contributed by atoms with Gasteiger partial charge in [-0.05, 0) is 24.3 Å². The van der Waals surface area contributed by atoms with E-state index in [4.69, 9.17) is 4.42 Å². The van der Waals surface area contributed by atoms with E-state index in [1.807, 2.05) is 24.4 Å². The quantitative estimate of drug-likeness (QED) is 0.603. The number of oxazole rings is 1. The summed E-state index contributed by atoms with van der Waals surface area (Å²) < 4.78 is 8.20. The molecule has 8 heteroatoms. The van der Waals surface area contributed by atoms with Gasteiger partial charge < -0.3 is 9.73 Å². The van der Waals surface area contributed by atoms with Crippen LogP contribution in [0.5, 0.6) is 0 Å². The Balaban J connectivity index is 1.50. The highest BCUT2D eigenvalue weighted by atomic mass is 16.4. The molecule has 3 heterocycles. The predicted octanol–water partition coefficient (Wildman–Crippen LogP) is 0.954. The Morgan fingerprint density at radius 1 is 1.12 bits per heavy atom. The molecule has 4 aromatic rings. The number of para-hydroxylation sites is 2. The lowest BCUT2D eigenvalue weighted by Crippen LogP contribution is -2.31. The third-order valence-electron chi connectivity index (χ3n) is 3.70. The van der Waals surface area contributed by atoms with E-state index in [1.54, 1.807) is 28.7 Å². The van der Waals surface area contributed by atoms with Gasteiger partial charge in [0.1, 0.15) is 6.54 Å². The average Bonchev–Trinajstić information content (AvgIpc) is 3.15. The fraction of sp³-hybridized carbons (Fsp3) is 0.125. The predicted molar refractivity (Wildman–Crippen MR) is 85.3 cm³/mol. The highest BCUT2D eigenvalue weighted by Gasteiger charge is 2.13. The maximum absolute atomic E-state index is 12.2. The third kappa shape index (κ3) is 2.43. The Kier molecular flexibility index (Phi) is 3.34. The maximum atomic E-state index is 12.2. The summed E-state index contributed by atoms with van der Waals surface area (Å²) in [5, 5.41) is 10.8. The Bertz CT molecular complexity index is 1090. The topological polar surface area (TPSA) is 94.4 Å². The zero-order chi connectivity index (χ0) is 16.5. The first-order chi connectivity index (χ1) is 11.7. The molecule has 1 N–H and O–H groups in total. The second-order valence-electron chi connectivity index (χ2n) is 5.24. The highest BCUT2D eigenvalue weighted by Crippen LogP contribution is 2.11. The number of benzene rings is 1. The molecule has 0 aliphatic rings. The molecule has 1 aromatic carbocycles. The van der Waals surface area contributed by atoms with Crippen molar-refractivity contribution in [2.24, 2.45) is 0 Å². The smallest absolute Gasteiger partial charge is 0.408 e. The van der Waals surface area contributed by atoms with Crippen LogP contribution in [-0.2, 0) is 17.9 Å². The van der Waals surface area contributed by atoms with Gasteiger partial charge in [0, 0.05) is 6.20 Å². The number of rotatable bonds is 4. The van der Waals surface area contributed by atoms with E-state index in [9.17, 15) is 9.59 Å². The van der Waals surface area contributed by atoms with Gasteiger partial charge in [-0.25, -0.2) is 4.79 Å². The van der Waals surface area contributed by atoms with Gasteiger partial charge >= 0.3 is 5.76 Å². The molecule has 0 bridgehead atoms. The zero-order valence-corrected chi connectivity index (χ0v) is 12.5. The third-order valence-corrected chi connectivity index (χ3v) is 3.70. The van der Waals surface area contributed by atoms with Crippen LogP contribution < -0.4 is 11.1 Å². The fourth-order valence-corrected chi connectivity index (χ4v) is 2.55. The normalized spacial score (nSPS) is 11.2. The number of hydrogen-bond donors (Lipinski definition) is 1. The molecular formula is C16H13N5O3. The van der Waals surface area contributed by atoms with Crippen molar-refractivity contribution in [3.8, 4) is 0 Å². The van der Waals surface area contributed by atoms with Crippen LogP contribution >= 0.6 is 0 Å². The molecule has 1 amide bonds. The molecule has 0 unspecified atom stereocenters. The van der Waals surface area contributed by atoms with Crippen molar-refractivity contribution in [3.63, 3.8) is 0 Å². The SMILES string of the molecule is O=C(Cn1c(=O)oc2ccccc21)NCc1nnc2ccccn12. The number of pyridine rings is 1. The second kappa shape index (κ2) is 5.65. The molecule has 0 saturated heterocycles. The lowest BCUT2D eigenvalue weighted by atomic mass is 10.3. The van der Waals surface area contributed by atoms with E-state index in [0.717, 1.165) is 0 Å². The van der Waals surface area contributed by atoms with Crippen LogP contribution in [0.4, 0.5) is 0 Å². The molecule has 0 aliphatic carbocycles. The van der Waals surface area contributed by atoms with Crippen LogP contribution in [0.1, 0.15) is 5.82 Å². The van der Waals surface area contributed by atoms with Crippen molar-refractivity contribution < 1.29 is 9.21 Å². The van der Waals surface area contributed by atoms with Crippen molar-refractivity contribution in [2.75, 3.05) is 0 Å². The Morgan fingerprint density at radius 2 is 1.96 bits per heavy atom. The molecule has 0 spiro atoms. The number of amides is 1. The molecule has 0 saturated carbocycles. The summed E-state index contributed by atoms with van der Waals surface area (Å²) in [5.41, 5.74) is 1.75. The molecule has 3 aromatic heterocycles. The van der Waals surface area contributed by atoms with Crippen LogP contribution in [0.3, 0.4) is 0 Å². The van der Waals surface area contributed by atoms with Gasteiger partial charge in [-0.1, -0.05) is 18.2 Å². The van der Waals surface area contributed by atoms with Gasteiger partial charge in [0.05, 0.1) is 12.1 Å². The molecule has 24 heavy (non-hydrogen) atoms. The van der Waals surface area contributed by atoms with E-state index in [-0.39, 0.29) is 19.0 Å². The van der Waals surface area contributed by atoms with E-state index in [1.165, 1.54) is 4.57 Å². The summed E-state index contributed by atoms with van der Waals surface area (Å²) in [5.74, 6) is -0.251. The van der Waals surface area contributed by atoms with Gasteiger partial charge in [-0.2, -0.15) is 0 Å². The summed E-state index contributed by atoms with van der Waals surface area (Å²) in [4.78, 5) is 24.0. The van der Waals surface area contributed by atoms with Crippen molar-refractivity contribution in [2.45, 2.75) is 13.1 Å². The van der Waals surface area contributed by atoms with Gasteiger partial charge in [-0.3, -0.25) is 13.8 Å². The Labute approximate surface area is 135 Å². The summed E-state index contributed by atoms with van der Waals surface area (Å²) in [7, 11) is 0. The fourth-order valence-electron chi connectivity index (χ4n) is 2.55. The monoisotopic (exact) mass is 323 g/mol. The first-order valence-electron chi connectivity index (χ1n) is 7.36. The summed E-state index contributed by atoms with van der Waals surface area (Å²) in [6.45, 7) is 0.0983. The largest absolute Gasteiger partial charge is 0.420 e. The van der Waals surface area contributed by atoms with Gasteiger partial charge in [-0.15, -0.1) is 10.2 Å². The molecule has 0 aliphatic heterocycles. The molecule has 0 radical (unpaired) electrons. The van der Waals surface area contributed by atoms with Crippen molar-refractivity contribution in [3.05, 3.63) is 65.0 Å². The number of carbonyl (C=O) groups excluding carboxylic acids is 1. The molecule has 0 atom stereocenters. The van der Waals surface area contributed by atoms with Crippen LogP contribution in [0.2, 0.25) is 0 Å². The first-order valence-corrected chi connectivity index (χ1v) is 7.36. The van der Waals surface area contributed by atoms with Gasteiger partial charge in [0.15, 0.2) is 17.1 Å². The minimum atomic E-state index is -0.556. The number of nitrogens with zero attached hydrogens (tertiary/aromatic N) is 4. The average molecular weight is 323 g/mol. The first kappa shape index (κ1) is 14.2. The molecule has 8 nitrogen and oxygen atoms in total. The molecule has 0 fully saturated rings. The van der Waals surface area contributed by atoms with Gasteiger partial charge in [0.2, 0.25) is 5.91 Å². The Morgan fingerprint density at radius 3 is 2.88 bits per heavy atom. The van der Waals surface area contributed by atoms with Gasteiger partial charge in [0.25, 0.3) is 0 Å². The summed E-state index contributed by atoms with van der Waals surface area (Å²) in [6, 6.07) is 12.5. The Hall–Kier alpha value is -3.42. The number of carbonyl (C=O) groups is 1. The van der Waals surface area contributed by atoms with E-state index in [2.05, 4.69) is 15.5 Å². The lowest BCUT2D eigenvalue weighted by molar-refractivity contribution is -0.121. The van der Waals surface area contributed by atoms with E-state index < -0.39 is 5.76 Å². The van der Waals surface area contributed by atoms with Crippen molar-refractivity contribution >= 4 is 22.7 Å². The minimum absolute atomic E-state index is 0.118. The number of hydrogen-bond acceptors (Lipinski definition) is 5. The van der Waals surface area contributed by atoms with Crippen LogP contribution in [0.15, 0.2) is 57.9 Å². The van der Waals surface area contributed by atoms with Crippen molar-refractivity contribution in [1.29, 1.82) is 0 Å². The second-order valence-corrected chi connectivity index (χ2v) is 5.24. The lowest BCUT2D eigenvalue weighted by Gasteiger charge is -2.05. The minimum Gasteiger partial charge on any atom is -0.408 e. The summed E-state index contributed by atoms with van der Waals surface area (Å²) >= 11 is 0. The standard InChI is InChI=1S/C16H13N5O3/c22-15(10-21-11-5-1-2-6-12(11)24-16(21)23)17-9-14-19-18-13-7-3-4-8-20(13)14/h1-8H,9-10H2,(H,17,22). The van der Waals surface area contributed by atoms with Crippen molar-refractivity contribution in [1.82, 2.24) is 24.5 Å². The van der Waals surface area contributed by atoms with E-state index in [0.29, 0.717) is 22.6 Å². The van der Waals surface area contributed by atoms with Crippen LogP contribution in [0.25, 0.3) is 16.7 Å². The molecule has 4 rings (SSSR count). The molecule has 120 valence electrons. The number of nitrogens with one attached hydrogen (secondary N) is 1.